The minimum Gasteiger partial charge on any atom is -0.346 e. The van der Waals surface area contributed by atoms with Crippen LogP contribution in [0.5, 0.6) is 0 Å². The Hall–Kier alpha value is -1.08. The maximum Gasteiger partial charge on any atom is 0.236 e. The van der Waals surface area contributed by atoms with Gasteiger partial charge in [0.15, 0.2) is 5.11 Å². The van der Waals surface area contributed by atoms with Crippen LogP contribution in [0.2, 0.25) is 10.0 Å². The summed E-state index contributed by atoms with van der Waals surface area (Å²) in [6.45, 7) is 5.63. The number of thiocarbonyl (C=S) groups is 1. The number of halogens is 2. The summed E-state index contributed by atoms with van der Waals surface area (Å²) < 4.78 is 0. The number of nitrogens with one attached hydrogen (secondary N) is 1. The Balaban J connectivity index is 1.45. The van der Waals surface area contributed by atoms with Crippen molar-refractivity contribution >= 4 is 52.1 Å². The number of nitrogens with zero attached hydrogens (tertiary/aromatic N) is 3. The lowest BCUT2D eigenvalue weighted by Gasteiger charge is -2.36. The van der Waals surface area contributed by atoms with Gasteiger partial charge in [-0.15, -0.1) is 0 Å². The molecule has 3 rings (SSSR count). The smallest absolute Gasteiger partial charge is 0.236 e. The van der Waals surface area contributed by atoms with E-state index in [1.54, 1.807) is 12.1 Å². The summed E-state index contributed by atoms with van der Waals surface area (Å²) >= 11 is 17.5. The first-order valence-electron chi connectivity index (χ1n) is 8.54. The van der Waals surface area contributed by atoms with Crippen LogP contribution < -0.4 is 5.32 Å². The molecule has 2 heterocycles. The summed E-state index contributed by atoms with van der Waals surface area (Å²) in [5.41, 5.74) is 0.825. The van der Waals surface area contributed by atoms with E-state index < -0.39 is 0 Å². The number of carbonyl (C=O) groups excluding carboxylic acids is 1. The number of benzene rings is 1. The molecule has 0 unspecified atom stereocenters. The maximum atomic E-state index is 12.2. The van der Waals surface area contributed by atoms with E-state index in [2.05, 4.69) is 15.1 Å². The van der Waals surface area contributed by atoms with Crippen LogP contribution in [-0.4, -0.2) is 71.5 Å². The summed E-state index contributed by atoms with van der Waals surface area (Å²) in [7, 11) is 0. The first-order valence-corrected chi connectivity index (χ1v) is 9.70. The van der Waals surface area contributed by atoms with Gasteiger partial charge in [-0.25, -0.2) is 0 Å². The SMILES string of the molecule is O=C(CN1CCN(C(=S)Nc2ccc(Cl)c(Cl)c2)CC1)N1CCCC1. The van der Waals surface area contributed by atoms with E-state index in [9.17, 15) is 4.79 Å². The van der Waals surface area contributed by atoms with Crippen LogP contribution in [0.15, 0.2) is 18.2 Å². The zero-order valence-electron chi connectivity index (χ0n) is 14.0. The highest BCUT2D eigenvalue weighted by atomic mass is 35.5. The summed E-state index contributed by atoms with van der Waals surface area (Å²) in [4.78, 5) is 18.5. The third-order valence-electron chi connectivity index (χ3n) is 4.65. The van der Waals surface area contributed by atoms with E-state index in [-0.39, 0.29) is 5.91 Å². The minimum absolute atomic E-state index is 0.252. The van der Waals surface area contributed by atoms with Gasteiger partial charge in [0.2, 0.25) is 5.91 Å². The van der Waals surface area contributed by atoms with Crippen LogP contribution in [0.1, 0.15) is 12.8 Å². The summed E-state index contributed by atoms with van der Waals surface area (Å²) in [6, 6.07) is 5.36. The molecule has 2 fully saturated rings. The van der Waals surface area contributed by atoms with Crippen molar-refractivity contribution < 1.29 is 4.79 Å². The predicted octanol–water partition coefficient (Wildman–Crippen LogP) is 2.93. The zero-order valence-corrected chi connectivity index (χ0v) is 16.3. The minimum atomic E-state index is 0.252. The summed E-state index contributed by atoms with van der Waals surface area (Å²) in [5.74, 6) is 0.252. The molecule has 2 aliphatic rings. The molecule has 2 saturated heterocycles. The van der Waals surface area contributed by atoms with E-state index in [1.807, 2.05) is 11.0 Å². The fourth-order valence-electron chi connectivity index (χ4n) is 3.14. The standard InChI is InChI=1S/C17H22Cl2N4OS/c18-14-4-3-13(11-15(14)19)20-17(25)23-9-7-21(8-10-23)12-16(24)22-5-1-2-6-22/h3-4,11H,1-2,5-10,12H2,(H,20,25). The molecule has 0 aliphatic carbocycles. The number of carbonyl (C=O) groups is 1. The first kappa shape index (κ1) is 18.7. The average molecular weight is 401 g/mol. The number of likely N-dealkylation sites (tertiary alicyclic amines) is 1. The van der Waals surface area contributed by atoms with Gasteiger partial charge < -0.3 is 15.1 Å². The Morgan fingerprint density at radius 3 is 2.32 bits per heavy atom. The number of amides is 1. The lowest BCUT2D eigenvalue weighted by atomic mass is 10.3. The molecule has 1 amide bonds. The van der Waals surface area contributed by atoms with Crippen LogP contribution >= 0.6 is 35.4 Å². The molecule has 8 heteroatoms. The van der Waals surface area contributed by atoms with Crippen LogP contribution in [0.4, 0.5) is 5.69 Å². The molecule has 1 N–H and O–H groups in total. The second-order valence-corrected chi connectivity index (χ2v) is 7.61. The lowest BCUT2D eigenvalue weighted by molar-refractivity contribution is -0.131. The second-order valence-electron chi connectivity index (χ2n) is 6.41. The van der Waals surface area contributed by atoms with Gasteiger partial charge in [0, 0.05) is 45.0 Å². The van der Waals surface area contributed by atoms with Gasteiger partial charge in [0.05, 0.1) is 16.6 Å². The molecule has 0 spiro atoms. The number of anilines is 1. The predicted molar refractivity (Wildman–Crippen MR) is 107 cm³/mol. The third kappa shape index (κ3) is 4.97. The third-order valence-corrected chi connectivity index (χ3v) is 5.75. The largest absolute Gasteiger partial charge is 0.346 e. The van der Waals surface area contributed by atoms with Crippen LogP contribution in [0.3, 0.4) is 0 Å². The molecule has 1 aromatic carbocycles. The molecule has 0 radical (unpaired) electrons. The van der Waals surface area contributed by atoms with E-state index >= 15 is 0 Å². The normalized spacial score (nSPS) is 18.5. The number of hydrogen-bond donors (Lipinski definition) is 1. The van der Waals surface area contributed by atoms with E-state index in [0.29, 0.717) is 21.7 Å². The summed E-state index contributed by atoms with van der Waals surface area (Å²) in [6.07, 6.45) is 2.27. The van der Waals surface area contributed by atoms with Gasteiger partial charge in [0.1, 0.15) is 0 Å². The Labute approximate surface area is 163 Å². The number of rotatable bonds is 3. The van der Waals surface area contributed by atoms with Gasteiger partial charge in [-0.3, -0.25) is 9.69 Å². The zero-order chi connectivity index (χ0) is 17.8. The van der Waals surface area contributed by atoms with Crippen LogP contribution in [0.25, 0.3) is 0 Å². The van der Waals surface area contributed by atoms with Crippen LogP contribution in [0, 0.1) is 0 Å². The van der Waals surface area contributed by atoms with E-state index in [1.165, 1.54) is 0 Å². The van der Waals surface area contributed by atoms with Crippen molar-refractivity contribution in [1.82, 2.24) is 14.7 Å². The first-order chi connectivity index (χ1) is 12.0. The molecule has 5 nitrogen and oxygen atoms in total. The molecule has 2 aliphatic heterocycles. The molecular formula is C17H22Cl2N4OS. The van der Waals surface area contributed by atoms with Gasteiger partial charge in [-0.1, -0.05) is 23.2 Å². The van der Waals surface area contributed by atoms with Gasteiger partial charge in [-0.2, -0.15) is 0 Å². The van der Waals surface area contributed by atoms with Gasteiger partial charge in [0.25, 0.3) is 0 Å². The van der Waals surface area contributed by atoms with Crippen molar-refractivity contribution in [1.29, 1.82) is 0 Å². The molecule has 0 atom stereocenters. The molecule has 0 saturated carbocycles. The van der Waals surface area contributed by atoms with Gasteiger partial charge >= 0.3 is 0 Å². The highest BCUT2D eigenvalue weighted by Crippen LogP contribution is 2.25. The molecule has 136 valence electrons. The maximum absolute atomic E-state index is 12.2. The molecule has 25 heavy (non-hydrogen) atoms. The summed E-state index contributed by atoms with van der Waals surface area (Å²) in [5, 5.41) is 4.89. The van der Waals surface area contributed by atoms with Crippen molar-refractivity contribution in [3.8, 4) is 0 Å². The van der Waals surface area contributed by atoms with Gasteiger partial charge in [-0.05, 0) is 43.3 Å². The topological polar surface area (TPSA) is 38.8 Å². The second kappa shape index (κ2) is 8.54. The highest BCUT2D eigenvalue weighted by Gasteiger charge is 2.24. The Morgan fingerprint density at radius 1 is 1.00 bits per heavy atom. The quantitative estimate of drug-likeness (QED) is 0.789. The van der Waals surface area contributed by atoms with E-state index in [4.69, 9.17) is 35.4 Å². The Morgan fingerprint density at radius 2 is 1.68 bits per heavy atom. The van der Waals surface area contributed by atoms with Crippen molar-refractivity contribution in [2.45, 2.75) is 12.8 Å². The average Bonchev–Trinajstić information content (AvgIpc) is 3.13. The van der Waals surface area contributed by atoms with Crippen LogP contribution in [-0.2, 0) is 4.79 Å². The number of hydrogen-bond acceptors (Lipinski definition) is 3. The van der Waals surface area contributed by atoms with E-state index in [0.717, 1.165) is 57.8 Å². The van der Waals surface area contributed by atoms with Crippen molar-refractivity contribution in [2.75, 3.05) is 51.1 Å². The van der Waals surface area contributed by atoms with Crippen molar-refractivity contribution in [3.63, 3.8) is 0 Å². The fourth-order valence-corrected chi connectivity index (χ4v) is 3.74. The molecule has 0 aromatic heterocycles. The highest BCUT2D eigenvalue weighted by molar-refractivity contribution is 7.80. The molecule has 0 bridgehead atoms. The Kier molecular flexibility index (Phi) is 6.39. The lowest BCUT2D eigenvalue weighted by Crippen LogP contribution is -2.52. The monoisotopic (exact) mass is 400 g/mol. The number of piperazine rings is 1. The Bertz CT molecular complexity index is 644. The fraction of sp³-hybridized carbons (Fsp3) is 0.529. The van der Waals surface area contributed by atoms with Crippen molar-refractivity contribution in [2.24, 2.45) is 0 Å². The molecular weight excluding hydrogens is 379 g/mol. The van der Waals surface area contributed by atoms with Crippen molar-refractivity contribution in [3.05, 3.63) is 28.2 Å². The molecule has 1 aromatic rings.